The Balaban J connectivity index is 2.28. The molecule has 0 saturated carbocycles. The van der Waals surface area contributed by atoms with Gasteiger partial charge in [0, 0.05) is 17.4 Å². The molecule has 4 nitrogen and oxygen atoms in total. The minimum atomic E-state index is -0.827. The smallest absolute Gasteiger partial charge is 0.251 e. The lowest BCUT2D eigenvalue weighted by Crippen LogP contribution is -2.09. The zero-order chi connectivity index (χ0) is 15.6. The molecule has 0 aliphatic carbocycles. The summed E-state index contributed by atoms with van der Waals surface area (Å²) in [5, 5.41) is 0.637. The number of nitrogens with zero attached hydrogens (tertiary/aromatic N) is 2. The third-order valence-electron chi connectivity index (χ3n) is 2.35. The van der Waals surface area contributed by atoms with Crippen molar-refractivity contribution >= 4 is 58.2 Å². The third-order valence-corrected chi connectivity index (χ3v) is 4.81. The molecule has 0 spiro atoms. The molecule has 112 valence electrons. The molecular weight excluding hydrogens is 383 g/mol. The Morgan fingerprint density at radius 2 is 1.76 bits per heavy atom. The standard InChI is InChI=1S/C11H6Cl4FN3OS/c12-7-5(8(13)10(15)19-9(7)14)3-21-11-17-4(2-16)1-6(20)18-11/h1H,2-3H2,(H,17,18,20). The van der Waals surface area contributed by atoms with E-state index >= 15 is 0 Å². The molecule has 2 aromatic rings. The van der Waals surface area contributed by atoms with Gasteiger partial charge in [-0.2, -0.15) is 0 Å². The largest absolute Gasteiger partial charge is 0.301 e. The topological polar surface area (TPSA) is 58.6 Å². The number of nitrogens with one attached hydrogen (secondary N) is 1. The maximum atomic E-state index is 12.6. The second-order valence-electron chi connectivity index (χ2n) is 3.76. The number of alkyl halides is 1. The Kier molecular flexibility index (Phi) is 5.73. The van der Waals surface area contributed by atoms with Crippen molar-refractivity contribution in [1.82, 2.24) is 15.0 Å². The van der Waals surface area contributed by atoms with E-state index in [1.54, 1.807) is 0 Å². The molecule has 0 fully saturated rings. The van der Waals surface area contributed by atoms with Crippen molar-refractivity contribution in [1.29, 1.82) is 0 Å². The van der Waals surface area contributed by atoms with E-state index in [9.17, 15) is 9.18 Å². The fourth-order valence-electron chi connectivity index (χ4n) is 1.42. The number of hydrogen-bond acceptors (Lipinski definition) is 4. The second kappa shape index (κ2) is 7.15. The molecule has 1 N–H and O–H groups in total. The number of aromatic nitrogens is 3. The zero-order valence-electron chi connectivity index (χ0n) is 10.1. The lowest BCUT2D eigenvalue weighted by molar-refractivity contribution is 0.471. The van der Waals surface area contributed by atoms with Crippen molar-refractivity contribution < 1.29 is 4.39 Å². The van der Waals surface area contributed by atoms with Crippen LogP contribution < -0.4 is 5.56 Å². The van der Waals surface area contributed by atoms with E-state index < -0.39 is 12.2 Å². The van der Waals surface area contributed by atoms with E-state index in [1.165, 1.54) is 0 Å². The minimum Gasteiger partial charge on any atom is -0.301 e. The van der Waals surface area contributed by atoms with E-state index in [1.807, 2.05) is 0 Å². The summed E-state index contributed by atoms with van der Waals surface area (Å²) in [5.74, 6) is 0.234. The Hall–Kier alpha value is -0.530. The van der Waals surface area contributed by atoms with Gasteiger partial charge in [-0.1, -0.05) is 58.2 Å². The summed E-state index contributed by atoms with van der Waals surface area (Å²) >= 11 is 24.8. The van der Waals surface area contributed by atoms with Crippen LogP contribution in [0.1, 0.15) is 11.3 Å². The average Bonchev–Trinajstić information content (AvgIpc) is 2.44. The van der Waals surface area contributed by atoms with Crippen molar-refractivity contribution in [3.8, 4) is 0 Å². The summed E-state index contributed by atoms with van der Waals surface area (Å²) in [6, 6.07) is 1.09. The Bertz CT molecular complexity index is 714. The SMILES string of the molecule is O=c1cc(CF)nc(SCc2c(Cl)c(Cl)nc(Cl)c2Cl)[nH]1. The highest BCUT2D eigenvalue weighted by Gasteiger charge is 2.16. The van der Waals surface area contributed by atoms with Gasteiger partial charge in [-0.05, 0) is 0 Å². The second-order valence-corrected chi connectivity index (χ2v) is 6.20. The Morgan fingerprint density at radius 3 is 2.33 bits per heavy atom. The number of pyridine rings is 1. The van der Waals surface area contributed by atoms with Crippen molar-refractivity contribution in [2.75, 3.05) is 0 Å². The highest BCUT2D eigenvalue weighted by molar-refractivity contribution is 7.98. The summed E-state index contributed by atoms with van der Waals surface area (Å²) in [6.45, 7) is -0.827. The lowest BCUT2D eigenvalue weighted by Gasteiger charge is -2.09. The minimum absolute atomic E-state index is 0.0284. The van der Waals surface area contributed by atoms with Crippen molar-refractivity contribution in [3.63, 3.8) is 0 Å². The van der Waals surface area contributed by atoms with Crippen LogP contribution in [0.15, 0.2) is 16.0 Å². The number of H-pyrrole nitrogens is 1. The number of halogens is 5. The molecule has 10 heteroatoms. The van der Waals surface area contributed by atoms with Gasteiger partial charge in [0.05, 0.1) is 15.7 Å². The molecule has 0 atom stereocenters. The predicted molar refractivity (Wildman–Crippen MR) is 83.5 cm³/mol. The molecule has 0 bridgehead atoms. The molecular formula is C11H6Cl4FN3OS. The summed E-state index contributed by atoms with van der Waals surface area (Å²) in [4.78, 5) is 21.5. The highest BCUT2D eigenvalue weighted by Crippen LogP contribution is 2.37. The van der Waals surface area contributed by atoms with Crippen LogP contribution in [0.5, 0.6) is 0 Å². The molecule has 0 radical (unpaired) electrons. The van der Waals surface area contributed by atoms with Gasteiger partial charge in [-0.25, -0.2) is 14.4 Å². The van der Waals surface area contributed by atoms with E-state index in [4.69, 9.17) is 46.4 Å². The van der Waals surface area contributed by atoms with Crippen LogP contribution in [0, 0.1) is 0 Å². The van der Waals surface area contributed by atoms with Crippen LogP contribution in [0.4, 0.5) is 4.39 Å². The lowest BCUT2D eigenvalue weighted by atomic mass is 10.3. The first-order valence-electron chi connectivity index (χ1n) is 5.40. The summed E-state index contributed by atoms with van der Waals surface area (Å²) in [7, 11) is 0. The van der Waals surface area contributed by atoms with Gasteiger partial charge in [0.2, 0.25) is 0 Å². The van der Waals surface area contributed by atoms with Crippen LogP contribution >= 0.6 is 58.2 Å². The van der Waals surface area contributed by atoms with Crippen molar-refractivity contribution in [2.24, 2.45) is 0 Å². The molecule has 0 amide bonds. The fraction of sp³-hybridized carbons (Fsp3) is 0.182. The van der Waals surface area contributed by atoms with Crippen molar-refractivity contribution in [2.45, 2.75) is 17.6 Å². The number of hydrogen-bond donors (Lipinski definition) is 1. The fourth-order valence-corrected chi connectivity index (χ4v) is 3.40. The van der Waals surface area contributed by atoms with Crippen LogP contribution in [-0.2, 0) is 12.4 Å². The molecule has 0 aromatic carbocycles. The van der Waals surface area contributed by atoms with Crippen LogP contribution in [0.3, 0.4) is 0 Å². The van der Waals surface area contributed by atoms with Gasteiger partial charge in [0.15, 0.2) is 5.16 Å². The first-order chi connectivity index (χ1) is 9.92. The quantitative estimate of drug-likeness (QED) is 0.474. The number of thioether (sulfide) groups is 1. The number of rotatable bonds is 4. The first-order valence-corrected chi connectivity index (χ1v) is 7.90. The maximum Gasteiger partial charge on any atom is 0.251 e. The van der Waals surface area contributed by atoms with Gasteiger partial charge in [0.25, 0.3) is 5.56 Å². The van der Waals surface area contributed by atoms with Gasteiger partial charge < -0.3 is 4.98 Å². The van der Waals surface area contributed by atoms with Gasteiger partial charge in [0.1, 0.15) is 17.0 Å². The van der Waals surface area contributed by atoms with Crippen molar-refractivity contribution in [3.05, 3.63) is 48.0 Å². The van der Waals surface area contributed by atoms with Gasteiger partial charge in [-0.15, -0.1) is 0 Å². The Morgan fingerprint density at radius 1 is 1.14 bits per heavy atom. The predicted octanol–water partition coefficient (Wildman–Crippen LogP) is 4.54. The van der Waals surface area contributed by atoms with Crippen LogP contribution in [0.25, 0.3) is 0 Å². The first kappa shape index (κ1) is 16.8. The van der Waals surface area contributed by atoms with Gasteiger partial charge >= 0.3 is 0 Å². The van der Waals surface area contributed by atoms with E-state index in [0.717, 1.165) is 17.8 Å². The maximum absolute atomic E-state index is 12.6. The zero-order valence-corrected chi connectivity index (χ0v) is 13.9. The highest BCUT2D eigenvalue weighted by atomic mass is 35.5. The summed E-state index contributed by atoms with van der Waals surface area (Å²) in [5.41, 5.74) is 0.0639. The molecule has 2 rings (SSSR count). The Labute approximate surface area is 143 Å². The average molecular weight is 389 g/mol. The van der Waals surface area contributed by atoms with E-state index in [2.05, 4.69) is 15.0 Å². The molecule has 2 aromatic heterocycles. The summed E-state index contributed by atoms with van der Waals surface area (Å²) in [6.07, 6.45) is 0. The number of aromatic amines is 1. The van der Waals surface area contributed by atoms with E-state index in [0.29, 0.717) is 5.56 Å². The monoisotopic (exact) mass is 387 g/mol. The molecule has 0 aliphatic rings. The molecule has 0 aliphatic heterocycles. The van der Waals surface area contributed by atoms with Gasteiger partial charge in [-0.3, -0.25) is 4.79 Å². The van der Waals surface area contributed by atoms with E-state index in [-0.39, 0.29) is 37.0 Å². The molecule has 0 unspecified atom stereocenters. The summed E-state index contributed by atoms with van der Waals surface area (Å²) < 4.78 is 12.6. The molecule has 0 saturated heterocycles. The van der Waals surface area contributed by atoms with Crippen LogP contribution in [0.2, 0.25) is 20.4 Å². The third kappa shape index (κ3) is 4.02. The molecule has 21 heavy (non-hydrogen) atoms. The van der Waals surface area contributed by atoms with Crippen LogP contribution in [-0.4, -0.2) is 15.0 Å². The normalized spacial score (nSPS) is 10.9. The molecule has 2 heterocycles.